The Morgan fingerprint density at radius 2 is 1.68 bits per heavy atom. The van der Waals surface area contributed by atoms with Gasteiger partial charge in [-0.3, -0.25) is 0 Å². The molecular formula is C18H22O. The second-order valence-corrected chi connectivity index (χ2v) is 5.49. The number of hydrogen-bond acceptors (Lipinski definition) is 1. The molecule has 2 aromatic rings. The number of aliphatic hydroxyl groups is 1. The third kappa shape index (κ3) is 3.45. The van der Waals surface area contributed by atoms with E-state index in [2.05, 4.69) is 44.2 Å². The lowest BCUT2D eigenvalue weighted by Gasteiger charge is -2.24. The van der Waals surface area contributed by atoms with Crippen LogP contribution in [0, 0.1) is 6.92 Å². The summed E-state index contributed by atoms with van der Waals surface area (Å²) >= 11 is 0. The smallest absolute Gasteiger partial charge is 0.0908 e. The Labute approximate surface area is 115 Å². The molecule has 0 fully saturated rings. The van der Waals surface area contributed by atoms with Gasteiger partial charge >= 0.3 is 0 Å². The normalized spacial score (nSPS) is 14.1. The molecule has 1 nitrogen and oxygen atoms in total. The highest BCUT2D eigenvalue weighted by Gasteiger charge is 2.23. The van der Waals surface area contributed by atoms with E-state index in [0.29, 0.717) is 6.42 Å². The zero-order valence-corrected chi connectivity index (χ0v) is 12.0. The summed E-state index contributed by atoms with van der Waals surface area (Å²) in [5.41, 5.74) is 3.86. The summed E-state index contributed by atoms with van der Waals surface area (Å²) < 4.78 is 0. The van der Waals surface area contributed by atoms with Gasteiger partial charge in [0.15, 0.2) is 0 Å². The fourth-order valence-electron chi connectivity index (χ4n) is 2.42. The Kier molecular flexibility index (Phi) is 4.06. The topological polar surface area (TPSA) is 20.2 Å². The highest BCUT2D eigenvalue weighted by Crippen LogP contribution is 2.26. The van der Waals surface area contributed by atoms with Crippen LogP contribution in [0.15, 0.2) is 48.5 Å². The minimum atomic E-state index is -0.819. The van der Waals surface area contributed by atoms with Crippen molar-refractivity contribution in [1.29, 1.82) is 0 Å². The summed E-state index contributed by atoms with van der Waals surface area (Å²) in [7, 11) is 0. The van der Waals surface area contributed by atoms with E-state index in [1.807, 2.05) is 25.1 Å². The molecule has 0 aliphatic rings. The second kappa shape index (κ2) is 5.58. The Hall–Kier alpha value is -1.60. The summed E-state index contributed by atoms with van der Waals surface area (Å²) in [5, 5.41) is 10.7. The summed E-state index contributed by atoms with van der Waals surface area (Å²) in [6.45, 7) is 6.10. The van der Waals surface area contributed by atoms with Gasteiger partial charge in [-0.15, -0.1) is 0 Å². The Morgan fingerprint density at radius 3 is 2.26 bits per heavy atom. The van der Waals surface area contributed by atoms with E-state index in [1.54, 1.807) is 0 Å². The van der Waals surface area contributed by atoms with E-state index < -0.39 is 5.60 Å². The predicted octanol–water partition coefficient (Wildman–Crippen LogP) is 4.01. The highest BCUT2D eigenvalue weighted by atomic mass is 16.3. The molecule has 0 aliphatic heterocycles. The van der Waals surface area contributed by atoms with Crippen LogP contribution in [0.1, 0.15) is 36.1 Å². The largest absolute Gasteiger partial charge is 0.385 e. The number of benzene rings is 2. The summed E-state index contributed by atoms with van der Waals surface area (Å²) in [6, 6.07) is 16.6. The van der Waals surface area contributed by atoms with Crippen LogP contribution in [0.4, 0.5) is 0 Å². The average molecular weight is 254 g/mol. The van der Waals surface area contributed by atoms with Gasteiger partial charge in [-0.25, -0.2) is 0 Å². The molecule has 2 aromatic carbocycles. The minimum absolute atomic E-state index is 0.639. The minimum Gasteiger partial charge on any atom is -0.385 e. The molecule has 0 heterocycles. The first-order valence-corrected chi connectivity index (χ1v) is 6.88. The molecule has 100 valence electrons. The van der Waals surface area contributed by atoms with Crippen molar-refractivity contribution < 1.29 is 5.11 Å². The Balaban J connectivity index is 2.21. The predicted molar refractivity (Wildman–Crippen MR) is 80.3 cm³/mol. The summed E-state index contributed by atoms with van der Waals surface area (Å²) in [4.78, 5) is 0. The maximum Gasteiger partial charge on any atom is 0.0908 e. The highest BCUT2D eigenvalue weighted by molar-refractivity contribution is 5.30. The average Bonchev–Trinajstić information content (AvgIpc) is 2.38. The van der Waals surface area contributed by atoms with Gasteiger partial charge < -0.3 is 5.11 Å². The van der Waals surface area contributed by atoms with Gasteiger partial charge in [0, 0.05) is 6.42 Å². The van der Waals surface area contributed by atoms with Crippen molar-refractivity contribution in [2.24, 2.45) is 0 Å². The Morgan fingerprint density at radius 1 is 1.00 bits per heavy atom. The van der Waals surface area contributed by atoms with Gasteiger partial charge in [0.2, 0.25) is 0 Å². The molecule has 0 amide bonds. The first kappa shape index (κ1) is 13.8. The summed E-state index contributed by atoms with van der Waals surface area (Å²) in [6.07, 6.45) is 1.67. The van der Waals surface area contributed by atoms with Gasteiger partial charge in [0.05, 0.1) is 5.60 Å². The quantitative estimate of drug-likeness (QED) is 0.874. The molecule has 0 radical (unpaired) electrons. The standard InChI is InChI=1S/C18H22O/c1-4-15-8-10-17(11-9-15)18(3,19)13-16-7-5-6-14(2)12-16/h5-12,19H,4,13H2,1-3H3. The van der Waals surface area contributed by atoms with Gasteiger partial charge in [0.1, 0.15) is 0 Å². The third-order valence-electron chi connectivity index (χ3n) is 3.61. The molecular weight excluding hydrogens is 232 g/mol. The SMILES string of the molecule is CCc1ccc(C(C)(O)Cc2cccc(C)c2)cc1. The van der Waals surface area contributed by atoms with Crippen molar-refractivity contribution in [2.45, 2.75) is 39.2 Å². The van der Waals surface area contributed by atoms with E-state index in [4.69, 9.17) is 0 Å². The summed E-state index contributed by atoms with van der Waals surface area (Å²) in [5.74, 6) is 0. The van der Waals surface area contributed by atoms with Gasteiger partial charge in [-0.05, 0) is 37.0 Å². The van der Waals surface area contributed by atoms with E-state index in [-0.39, 0.29) is 0 Å². The fourth-order valence-corrected chi connectivity index (χ4v) is 2.42. The number of aryl methyl sites for hydroxylation is 2. The molecule has 1 atom stereocenters. The van der Waals surface area contributed by atoms with Gasteiger partial charge in [-0.2, -0.15) is 0 Å². The van der Waals surface area contributed by atoms with Crippen LogP contribution < -0.4 is 0 Å². The molecule has 2 rings (SSSR count). The third-order valence-corrected chi connectivity index (χ3v) is 3.61. The van der Waals surface area contributed by atoms with Gasteiger partial charge in [0.25, 0.3) is 0 Å². The molecule has 19 heavy (non-hydrogen) atoms. The lowest BCUT2D eigenvalue weighted by Crippen LogP contribution is -2.24. The monoisotopic (exact) mass is 254 g/mol. The molecule has 0 saturated heterocycles. The molecule has 1 unspecified atom stereocenters. The lowest BCUT2D eigenvalue weighted by molar-refractivity contribution is 0.0576. The van der Waals surface area contributed by atoms with Crippen molar-refractivity contribution in [3.05, 3.63) is 70.8 Å². The first-order chi connectivity index (χ1) is 9.01. The lowest BCUT2D eigenvalue weighted by atomic mass is 9.88. The molecule has 0 aliphatic carbocycles. The van der Waals surface area contributed by atoms with Crippen LogP contribution in [0.2, 0.25) is 0 Å². The molecule has 0 spiro atoms. The zero-order valence-electron chi connectivity index (χ0n) is 12.0. The Bertz CT molecular complexity index is 538. The molecule has 1 heteroatoms. The number of rotatable bonds is 4. The molecule has 0 bridgehead atoms. The van der Waals surface area contributed by atoms with E-state index in [9.17, 15) is 5.11 Å². The van der Waals surface area contributed by atoms with Crippen LogP contribution in [-0.2, 0) is 18.4 Å². The van der Waals surface area contributed by atoms with Crippen LogP contribution in [0.25, 0.3) is 0 Å². The van der Waals surface area contributed by atoms with Crippen LogP contribution in [0.5, 0.6) is 0 Å². The molecule has 0 aromatic heterocycles. The van der Waals surface area contributed by atoms with E-state index >= 15 is 0 Å². The maximum absolute atomic E-state index is 10.7. The van der Waals surface area contributed by atoms with Crippen molar-refractivity contribution in [1.82, 2.24) is 0 Å². The van der Waals surface area contributed by atoms with Crippen molar-refractivity contribution in [3.63, 3.8) is 0 Å². The number of hydrogen-bond donors (Lipinski definition) is 1. The van der Waals surface area contributed by atoms with Gasteiger partial charge in [-0.1, -0.05) is 61.0 Å². The first-order valence-electron chi connectivity index (χ1n) is 6.88. The van der Waals surface area contributed by atoms with Crippen molar-refractivity contribution in [3.8, 4) is 0 Å². The second-order valence-electron chi connectivity index (χ2n) is 5.49. The van der Waals surface area contributed by atoms with Crippen molar-refractivity contribution >= 4 is 0 Å². The van der Waals surface area contributed by atoms with E-state index in [0.717, 1.165) is 12.0 Å². The van der Waals surface area contributed by atoms with Crippen LogP contribution >= 0.6 is 0 Å². The zero-order chi connectivity index (χ0) is 13.9. The molecule has 0 saturated carbocycles. The molecule has 1 N–H and O–H groups in total. The van der Waals surface area contributed by atoms with Crippen LogP contribution in [-0.4, -0.2) is 5.11 Å². The van der Waals surface area contributed by atoms with E-state index in [1.165, 1.54) is 16.7 Å². The fraction of sp³-hybridized carbons (Fsp3) is 0.333. The van der Waals surface area contributed by atoms with Crippen molar-refractivity contribution in [2.75, 3.05) is 0 Å². The maximum atomic E-state index is 10.7. The van der Waals surface area contributed by atoms with Crippen LogP contribution in [0.3, 0.4) is 0 Å².